The Hall–Kier alpha value is -1.17. The Labute approximate surface area is 124 Å². The third kappa shape index (κ3) is 2.41. The Morgan fingerprint density at radius 3 is 2.60 bits per heavy atom. The smallest absolute Gasteiger partial charge is 0.242 e. The minimum absolute atomic E-state index is 0.172. The molecule has 0 N–H and O–H groups in total. The molecule has 1 saturated heterocycles. The van der Waals surface area contributed by atoms with E-state index in [9.17, 15) is 4.79 Å². The fourth-order valence-electron chi connectivity index (χ4n) is 3.16. The van der Waals surface area contributed by atoms with Gasteiger partial charge in [0.1, 0.15) is 5.82 Å². The van der Waals surface area contributed by atoms with Crippen LogP contribution in [0.1, 0.15) is 52.3 Å². The van der Waals surface area contributed by atoms with Gasteiger partial charge in [0.2, 0.25) is 11.0 Å². The molecule has 6 heteroatoms. The SMILES string of the molecule is CC(C)N1C(=O)CN(c2nc(C3CC3)ns2)CC1(C)C. The van der Waals surface area contributed by atoms with Crippen molar-refractivity contribution in [3.05, 3.63) is 5.82 Å². The number of carbonyl (C=O) groups excluding carboxylic acids is 1. The maximum atomic E-state index is 12.4. The predicted octanol–water partition coefficient (Wildman–Crippen LogP) is 2.25. The van der Waals surface area contributed by atoms with Crippen molar-refractivity contribution in [1.82, 2.24) is 14.3 Å². The van der Waals surface area contributed by atoms with Gasteiger partial charge in [-0.15, -0.1) is 0 Å². The third-order valence-electron chi connectivity index (χ3n) is 3.99. The molecule has 1 aromatic rings. The van der Waals surface area contributed by atoms with Crippen LogP contribution in [0.3, 0.4) is 0 Å². The van der Waals surface area contributed by atoms with Gasteiger partial charge in [0.15, 0.2) is 0 Å². The van der Waals surface area contributed by atoms with E-state index >= 15 is 0 Å². The molecule has 0 spiro atoms. The van der Waals surface area contributed by atoms with Crippen molar-refractivity contribution >= 4 is 22.6 Å². The molecule has 2 heterocycles. The van der Waals surface area contributed by atoms with Crippen molar-refractivity contribution < 1.29 is 4.79 Å². The molecular formula is C14H22N4OS. The van der Waals surface area contributed by atoms with Gasteiger partial charge in [-0.05, 0) is 40.5 Å². The summed E-state index contributed by atoms with van der Waals surface area (Å²) in [6.07, 6.45) is 2.42. The number of piperazine rings is 1. The lowest BCUT2D eigenvalue weighted by Crippen LogP contribution is -2.64. The molecule has 2 fully saturated rings. The summed E-state index contributed by atoms with van der Waals surface area (Å²) in [6, 6.07) is 0.232. The Kier molecular flexibility index (Phi) is 3.23. The van der Waals surface area contributed by atoms with Crippen molar-refractivity contribution in [3.8, 4) is 0 Å². The molecule has 3 rings (SSSR count). The van der Waals surface area contributed by atoms with Crippen LogP contribution >= 0.6 is 11.5 Å². The highest BCUT2D eigenvalue weighted by atomic mass is 32.1. The summed E-state index contributed by atoms with van der Waals surface area (Å²) in [4.78, 5) is 21.1. The lowest BCUT2D eigenvalue weighted by Gasteiger charge is -2.48. The van der Waals surface area contributed by atoms with E-state index in [1.165, 1.54) is 24.4 Å². The van der Waals surface area contributed by atoms with Gasteiger partial charge >= 0.3 is 0 Å². The van der Waals surface area contributed by atoms with Gasteiger partial charge < -0.3 is 9.80 Å². The molecule has 1 aromatic heterocycles. The summed E-state index contributed by atoms with van der Waals surface area (Å²) in [6.45, 7) is 9.63. The molecule has 110 valence electrons. The Morgan fingerprint density at radius 1 is 1.35 bits per heavy atom. The molecule has 1 saturated carbocycles. The molecule has 0 radical (unpaired) electrons. The standard InChI is InChI=1S/C14H22N4OS/c1-9(2)18-11(19)7-17(8-14(18,3)4)13-15-12(16-20-13)10-5-6-10/h9-10H,5-8H2,1-4H3. The summed E-state index contributed by atoms with van der Waals surface area (Å²) in [7, 11) is 0. The molecule has 1 aliphatic carbocycles. The summed E-state index contributed by atoms with van der Waals surface area (Å²) in [5.74, 6) is 1.72. The first-order chi connectivity index (χ1) is 9.38. The fourth-order valence-corrected chi connectivity index (χ4v) is 3.90. The van der Waals surface area contributed by atoms with Crippen LogP contribution in [0, 0.1) is 0 Å². The second kappa shape index (κ2) is 4.69. The van der Waals surface area contributed by atoms with E-state index in [2.05, 4.69) is 42.0 Å². The number of aromatic nitrogens is 2. The van der Waals surface area contributed by atoms with Crippen molar-refractivity contribution in [2.24, 2.45) is 0 Å². The van der Waals surface area contributed by atoms with Crippen LogP contribution in [0.2, 0.25) is 0 Å². The maximum absolute atomic E-state index is 12.4. The molecule has 0 unspecified atom stereocenters. The average Bonchev–Trinajstić information content (AvgIpc) is 3.04. The average molecular weight is 294 g/mol. The lowest BCUT2D eigenvalue weighted by molar-refractivity contribution is -0.139. The van der Waals surface area contributed by atoms with Gasteiger partial charge in [0.05, 0.1) is 12.1 Å². The van der Waals surface area contributed by atoms with Gasteiger partial charge in [-0.2, -0.15) is 4.37 Å². The van der Waals surface area contributed by atoms with E-state index in [0.717, 1.165) is 17.5 Å². The topological polar surface area (TPSA) is 49.3 Å². The Bertz CT molecular complexity index is 521. The number of anilines is 1. The summed E-state index contributed by atoms with van der Waals surface area (Å²) >= 11 is 1.43. The molecule has 2 aliphatic rings. The van der Waals surface area contributed by atoms with E-state index < -0.39 is 0 Å². The van der Waals surface area contributed by atoms with E-state index in [1.54, 1.807) is 0 Å². The van der Waals surface area contributed by atoms with Gasteiger partial charge in [-0.1, -0.05) is 0 Å². The number of hydrogen-bond acceptors (Lipinski definition) is 5. The molecule has 0 bridgehead atoms. The highest BCUT2D eigenvalue weighted by Crippen LogP contribution is 2.40. The van der Waals surface area contributed by atoms with Gasteiger partial charge in [0, 0.05) is 30.0 Å². The molecule has 1 amide bonds. The van der Waals surface area contributed by atoms with Crippen LogP contribution in [0.5, 0.6) is 0 Å². The molecule has 1 aliphatic heterocycles. The number of hydrogen-bond donors (Lipinski definition) is 0. The lowest BCUT2D eigenvalue weighted by atomic mass is 9.97. The van der Waals surface area contributed by atoms with Crippen molar-refractivity contribution in [2.45, 2.75) is 58.0 Å². The largest absolute Gasteiger partial charge is 0.335 e. The van der Waals surface area contributed by atoms with E-state index in [1.807, 2.05) is 4.90 Å². The van der Waals surface area contributed by atoms with Gasteiger partial charge in [-0.25, -0.2) is 4.98 Å². The van der Waals surface area contributed by atoms with Crippen LogP contribution < -0.4 is 4.90 Å². The van der Waals surface area contributed by atoms with Crippen LogP contribution in [0.25, 0.3) is 0 Å². The first kappa shape index (κ1) is 13.8. The Morgan fingerprint density at radius 2 is 2.05 bits per heavy atom. The first-order valence-electron chi connectivity index (χ1n) is 7.29. The predicted molar refractivity (Wildman–Crippen MR) is 80.2 cm³/mol. The molecule has 5 nitrogen and oxygen atoms in total. The Balaban J connectivity index is 1.80. The zero-order chi connectivity index (χ0) is 14.5. The maximum Gasteiger partial charge on any atom is 0.242 e. The highest BCUT2D eigenvalue weighted by molar-refractivity contribution is 7.09. The van der Waals surface area contributed by atoms with Gasteiger partial charge in [0.25, 0.3) is 0 Å². The quantitative estimate of drug-likeness (QED) is 0.858. The minimum Gasteiger partial charge on any atom is -0.335 e. The second-order valence-corrected chi connectivity index (χ2v) is 7.47. The van der Waals surface area contributed by atoms with Crippen LogP contribution in [0.15, 0.2) is 0 Å². The van der Waals surface area contributed by atoms with E-state index in [4.69, 9.17) is 0 Å². The van der Waals surface area contributed by atoms with Crippen LogP contribution in [-0.2, 0) is 4.79 Å². The number of carbonyl (C=O) groups is 1. The van der Waals surface area contributed by atoms with Crippen LogP contribution in [-0.4, -0.2) is 44.8 Å². The molecule has 0 aromatic carbocycles. The minimum atomic E-state index is -0.172. The third-order valence-corrected chi connectivity index (χ3v) is 4.78. The van der Waals surface area contributed by atoms with Crippen molar-refractivity contribution in [1.29, 1.82) is 0 Å². The zero-order valence-corrected chi connectivity index (χ0v) is 13.4. The summed E-state index contributed by atoms with van der Waals surface area (Å²) in [5, 5.41) is 0.900. The normalized spacial score (nSPS) is 22.8. The number of amides is 1. The number of nitrogens with zero attached hydrogens (tertiary/aromatic N) is 4. The monoisotopic (exact) mass is 294 g/mol. The van der Waals surface area contributed by atoms with E-state index in [0.29, 0.717) is 12.5 Å². The molecule has 0 atom stereocenters. The highest BCUT2D eigenvalue weighted by Gasteiger charge is 2.41. The molecular weight excluding hydrogens is 272 g/mol. The fraction of sp³-hybridized carbons (Fsp3) is 0.786. The number of rotatable bonds is 3. The summed E-state index contributed by atoms with van der Waals surface area (Å²) in [5.41, 5.74) is -0.172. The second-order valence-electron chi connectivity index (χ2n) is 6.74. The van der Waals surface area contributed by atoms with Gasteiger partial charge in [-0.3, -0.25) is 4.79 Å². The van der Waals surface area contributed by atoms with E-state index in [-0.39, 0.29) is 17.5 Å². The first-order valence-corrected chi connectivity index (χ1v) is 8.06. The molecule has 20 heavy (non-hydrogen) atoms. The van der Waals surface area contributed by atoms with Crippen molar-refractivity contribution in [2.75, 3.05) is 18.0 Å². The zero-order valence-electron chi connectivity index (χ0n) is 12.6. The summed E-state index contributed by atoms with van der Waals surface area (Å²) < 4.78 is 4.44. The van der Waals surface area contributed by atoms with Crippen LogP contribution in [0.4, 0.5) is 5.13 Å². The van der Waals surface area contributed by atoms with Crippen molar-refractivity contribution in [3.63, 3.8) is 0 Å².